The molecule has 0 aliphatic heterocycles. The van der Waals surface area contributed by atoms with E-state index < -0.39 is 0 Å². The fourth-order valence-corrected chi connectivity index (χ4v) is 2.34. The molecule has 1 amide bonds. The van der Waals surface area contributed by atoms with Crippen LogP contribution in [-0.2, 0) is 11.3 Å². The molecule has 0 radical (unpaired) electrons. The van der Waals surface area contributed by atoms with Crippen molar-refractivity contribution in [3.8, 4) is 23.3 Å². The van der Waals surface area contributed by atoms with E-state index >= 15 is 0 Å². The highest BCUT2D eigenvalue weighted by molar-refractivity contribution is 5.90. The van der Waals surface area contributed by atoms with Crippen LogP contribution in [0.2, 0.25) is 0 Å². The first-order chi connectivity index (χ1) is 13.2. The summed E-state index contributed by atoms with van der Waals surface area (Å²) in [5.41, 5.74) is 1.15. The van der Waals surface area contributed by atoms with Gasteiger partial charge >= 0.3 is 0 Å². The SMILES string of the molecule is COc1cc(C#N)ccc1Oc1ccc(NC(=O)CCn2cncn2)cc1. The molecule has 0 bridgehead atoms. The minimum atomic E-state index is -0.118. The van der Waals surface area contributed by atoms with E-state index in [4.69, 9.17) is 14.7 Å². The molecule has 3 aromatic rings. The van der Waals surface area contributed by atoms with E-state index in [2.05, 4.69) is 21.5 Å². The molecule has 0 saturated heterocycles. The molecule has 136 valence electrons. The number of amides is 1. The summed E-state index contributed by atoms with van der Waals surface area (Å²) < 4.78 is 12.6. The first-order valence-corrected chi connectivity index (χ1v) is 8.16. The van der Waals surface area contributed by atoms with Crippen molar-refractivity contribution in [2.75, 3.05) is 12.4 Å². The summed E-state index contributed by atoms with van der Waals surface area (Å²) in [6, 6.07) is 14.0. The Bertz CT molecular complexity index is 946. The molecule has 27 heavy (non-hydrogen) atoms. The third-order valence-corrected chi connectivity index (χ3v) is 3.69. The van der Waals surface area contributed by atoms with Crippen molar-refractivity contribution in [3.05, 3.63) is 60.7 Å². The van der Waals surface area contributed by atoms with E-state index in [0.717, 1.165) is 0 Å². The molecule has 8 nitrogen and oxygen atoms in total. The first kappa shape index (κ1) is 17.9. The molecule has 0 aliphatic carbocycles. The number of aromatic nitrogens is 3. The second-order valence-electron chi connectivity index (χ2n) is 5.56. The number of hydrogen-bond donors (Lipinski definition) is 1. The van der Waals surface area contributed by atoms with Gasteiger partial charge in [-0.1, -0.05) is 0 Å². The van der Waals surface area contributed by atoms with E-state index in [0.29, 0.717) is 41.5 Å². The van der Waals surface area contributed by atoms with Crippen molar-refractivity contribution < 1.29 is 14.3 Å². The number of carbonyl (C=O) groups excluding carboxylic acids is 1. The van der Waals surface area contributed by atoms with Crippen LogP contribution in [0.3, 0.4) is 0 Å². The van der Waals surface area contributed by atoms with Crippen LogP contribution in [0.15, 0.2) is 55.1 Å². The summed E-state index contributed by atoms with van der Waals surface area (Å²) in [5.74, 6) is 1.44. The van der Waals surface area contributed by atoms with Gasteiger partial charge < -0.3 is 14.8 Å². The maximum absolute atomic E-state index is 12.0. The van der Waals surface area contributed by atoms with Crippen LogP contribution in [0.5, 0.6) is 17.2 Å². The zero-order chi connectivity index (χ0) is 19.1. The van der Waals surface area contributed by atoms with Gasteiger partial charge in [0, 0.05) is 18.2 Å². The Balaban J connectivity index is 1.59. The van der Waals surface area contributed by atoms with Crippen LogP contribution in [0, 0.1) is 11.3 Å². The van der Waals surface area contributed by atoms with Gasteiger partial charge in [0.05, 0.1) is 25.3 Å². The number of benzene rings is 2. The van der Waals surface area contributed by atoms with Crippen molar-refractivity contribution in [2.24, 2.45) is 0 Å². The van der Waals surface area contributed by atoms with Crippen LogP contribution in [0.4, 0.5) is 5.69 Å². The maximum atomic E-state index is 12.0. The van der Waals surface area contributed by atoms with E-state index in [1.165, 1.54) is 13.4 Å². The van der Waals surface area contributed by atoms with Crippen molar-refractivity contribution >= 4 is 11.6 Å². The number of rotatable bonds is 7. The molecule has 0 fully saturated rings. The van der Waals surface area contributed by atoms with Crippen molar-refractivity contribution in [3.63, 3.8) is 0 Å². The summed E-state index contributed by atoms with van der Waals surface area (Å²) >= 11 is 0. The predicted molar refractivity (Wildman–Crippen MR) is 97.5 cm³/mol. The average molecular weight is 363 g/mol. The molecule has 2 aromatic carbocycles. The van der Waals surface area contributed by atoms with E-state index in [1.807, 2.05) is 0 Å². The van der Waals surface area contributed by atoms with E-state index in [1.54, 1.807) is 53.5 Å². The number of nitrogens with one attached hydrogen (secondary N) is 1. The van der Waals surface area contributed by atoms with Gasteiger partial charge in [-0.2, -0.15) is 10.4 Å². The standard InChI is InChI=1S/C19H17N5O3/c1-26-18-10-14(11-20)2-7-17(18)27-16-5-3-15(4-6-16)23-19(25)8-9-24-13-21-12-22-24/h2-7,10,12-13H,8-9H2,1H3,(H,23,25). The summed E-state index contributed by atoms with van der Waals surface area (Å²) in [6.45, 7) is 0.464. The van der Waals surface area contributed by atoms with Gasteiger partial charge in [0.1, 0.15) is 18.4 Å². The molecule has 0 saturated carbocycles. The van der Waals surface area contributed by atoms with Crippen LogP contribution >= 0.6 is 0 Å². The maximum Gasteiger partial charge on any atom is 0.226 e. The van der Waals surface area contributed by atoms with Gasteiger partial charge in [-0.25, -0.2) is 4.98 Å². The molecule has 0 aliphatic rings. The monoisotopic (exact) mass is 363 g/mol. The molecule has 0 atom stereocenters. The van der Waals surface area contributed by atoms with Gasteiger partial charge in [-0.15, -0.1) is 0 Å². The fraction of sp³-hybridized carbons (Fsp3) is 0.158. The fourth-order valence-electron chi connectivity index (χ4n) is 2.34. The molecule has 8 heteroatoms. The second kappa shape index (κ2) is 8.49. The lowest BCUT2D eigenvalue weighted by Crippen LogP contribution is -2.14. The highest BCUT2D eigenvalue weighted by Crippen LogP contribution is 2.32. The molecule has 0 spiro atoms. The van der Waals surface area contributed by atoms with Crippen LogP contribution in [-0.4, -0.2) is 27.8 Å². The molecular formula is C19H17N5O3. The number of ether oxygens (including phenoxy) is 2. The number of nitrogens with zero attached hydrogens (tertiary/aromatic N) is 4. The van der Waals surface area contributed by atoms with Crippen molar-refractivity contribution in [2.45, 2.75) is 13.0 Å². The Labute approximate surface area is 156 Å². The number of aryl methyl sites for hydroxylation is 1. The Hall–Kier alpha value is -3.86. The molecule has 0 unspecified atom stereocenters. The second-order valence-corrected chi connectivity index (χ2v) is 5.56. The Kier molecular flexibility index (Phi) is 5.64. The van der Waals surface area contributed by atoms with Gasteiger partial charge in [-0.05, 0) is 36.4 Å². The lowest BCUT2D eigenvalue weighted by Gasteiger charge is -2.11. The van der Waals surface area contributed by atoms with Gasteiger partial charge in [0.25, 0.3) is 0 Å². The number of hydrogen-bond acceptors (Lipinski definition) is 6. The number of nitriles is 1. The highest BCUT2D eigenvalue weighted by atomic mass is 16.5. The zero-order valence-electron chi connectivity index (χ0n) is 14.6. The average Bonchev–Trinajstić information content (AvgIpc) is 3.22. The summed E-state index contributed by atoms with van der Waals surface area (Å²) in [5, 5.41) is 15.7. The normalized spacial score (nSPS) is 10.1. The highest BCUT2D eigenvalue weighted by Gasteiger charge is 2.08. The number of carbonyl (C=O) groups is 1. The number of anilines is 1. The van der Waals surface area contributed by atoms with Crippen LogP contribution < -0.4 is 14.8 Å². The van der Waals surface area contributed by atoms with Gasteiger partial charge in [0.15, 0.2) is 11.5 Å². The first-order valence-electron chi connectivity index (χ1n) is 8.16. The molecule has 1 heterocycles. The quantitative estimate of drug-likeness (QED) is 0.692. The Morgan fingerprint density at radius 1 is 1.22 bits per heavy atom. The Morgan fingerprint density at radius 3 is 2.70 bits per heavy atom. The van der Waals surface area contributed by atoms with Gasteiger partial charge in [0.2, 0.25) is 5.91 Å². The minimum Gasteiger partial charge on any atom is -0.493 e. The predicted octanol–water partition coefficient (Wildman–Crippen LogP) is 2.98. The third-order valence-electron chi connectivity index (χ3n) is 3.69. The summed E-state index contributed by atoms with van der Waals surface area (Å²) in [7, 11) is 1.52. The van der Waals surface area contributed by atoms with Crippen molar-refractivity contribution in [1.29, 1.82) is 5.26 Å². The smallest absolute Gasteiger partial charge is 0.226 e. The van der Waals surface area contributed by atoms with Crippen LogP contribution in [0.1, 0.15) is 12.0 Å². The number of methoxy groups -OCH3 is 1. The van der Waals surface area contributed by atoms with Crippen molar-refractivity contribution in [1.82, 2.24) is 14.8 Å². The molecule has 1 aromatic heterocycles. The summed E-state index contributed by atoms with van der Waals surface area (Å²) in [6.07, 6.45) is 3.29. The topological polar surface area (TPSA) is 102 Å². The lowest BCUT2D eigenvalue weighted by atomic mass is 10.2. The molecule has 3 rings (SSSR count). The third kappa shape index (κ3) is 4.83. The van der Waals surface area contributed by atoms with E-state index in [9.17, 15) is 4.79 Å². The van der Waals surface area contributed by atoms with E-state index in [-0.39, 0.29) is 5.91 Å². The Morgan fingerprint density at radius 2 is 2.04 bits per heavy atom. The largest absolute Gasteiger partial charge is 0.493 e. The lowest BCUT2D eigenvalue weighted by molar-refractivity contribution is -0.116. The zero-order valence-corrected chi connectivity index (χ0v) is 14.6. The minimum absolute atomic E-state index is 0.118. The van der Waals surface area contributed by atoms with Gasteiger partial charge in [-0.3, -0.25) is 9.48 Å². The molecule has 1 N–H and O–H groups in total. The summed E-state index contributed by atoms with van der Waals surface area (Å²) in [4.78, 5) is 15.8. The molecular weight excluding hydrogens is 346 g/mol. The van der Waals surface area contributed by atoms with Crippen LogP contribution in [0.25, 0.3) is 0 Å².